The van der Waals surface area contributed by atoms with Crippen LogP contribution >= 0.6 is 11.6 Å². The number of rotatable bonds is 4. The van der Waals surface area contributed by atoms with Crippen molar-refractivity contribution in [1.82, 2.24) is 4.90 Å². The van der Waals surface area contributed by atoms with Crippen LogP contribution in [0.3, 0.4) is 0 Å². The van der Waals surface area contributed by atoms with E-state index in [1.165, 1.54) is 6.07 Å². The van der Waals surface area contributed by atoms with Crippen molar-refractivity contribution in [2.45, 2.75) is 0 Å². The number of piperazine rings is 1. The minimum absolute atomic E-state index is 0.0281. The van der Waals surface area contributed by atoms with Gasteiger partial charge < -0.3 is 15.1 Å². The zero-order valence-electron chi connectivity index (χ0n) is 13.5. The van der Waals surface area contributed by atoms with Gasteiger partial charge in [0.05, 0.1) is 12.2 Å². The highest BCUT2D eigenvalue weighted by molar-refractivity contribution is 6.30. The lowest BCUT2D eigenvalue weighted by atomic mass is 10.2. The molecule has 1 fully saturated rings. The highest BCUT2D eigenvalue weighted by Crippen LogP contribution is 2.21. The number of halogens is 3. The Balaban J connectivity index is 1.51. The zero-order chi connectivity index (χ0) is 17.8. The SMILES string of the molecule is O=C(CNc1ccc(F)cc1F)N1CCN(c2cccc(Cl)c2)CC1. The lowest BCUT2D eigenvalue weighted by molar-refractivity contribution is -0.129. The molecule has 4 nitrogen and oxygen atoms in total. The summed E-state index contributed by atoms with van der Waals surface area (Å²) in [4.78, 5) is 16.2. The van der Waals surface area contributed by atoms with Crippen molar-refractivity contribution in [3.63, 3.8) is 0 Å². The molecule has 1 amide bonds. The fourth-order valence-electron chi connectivity index (χ4n) is 2.80. The number of hydrogen-bond acceptors (Lipinski definition) is 3. The van der Waals surface area contributed by atoms with Crippen LogP contribution in [0, 0.1) is 11.6 Å². The molecule has 0 spiro atoms. The number of carbonyl (C=O) groups is 1. The highest BCUT2D eigenvalue weighted by Gasteiger charge is 2.21. The summed E-state index contributed by atoms with van der Waals surface area (Å²) in [6.07, 6.45) is 0. The highest BCUT2D eigenvalue weighted by atomic mass is 35.5. The van der Waals surface area contributed by atoms with E-state index < -0.39 is 11.6 Å². The van der Waals surface area contributed by atoms with E-state index in [1.54, 1.807) is 4.90 Å². The number of benzene rings is 2. The third-order valence-corrected chi connectivity index (χ3v) is 4.40. The van der Waals surface area contributed by atoms with Gasteiger partial charge in [0.15, 0.2) is 0 Å². The molecular formula is C18H18ClF2N3O. The quantitative estimate of drug-likeness (QED) is 0.902. The van der Waals surface area contributed by atoms with Crippen molar-refractivity contribution in [3.8, 4) is 0 Å². The molecule has 1 N–H and O–H groups in total. The molecule has 1 saturated heterocycles. The molecule has 1 aliphatic rings. The van der Waals surface area contributed by atoms with E-state index in [1.807, 2.05) is 24.3 Å². The molecule has 3 rings (SSSR count). The van der Waals surface area contributed by atoms with Crippen LogP contribution in [0.5, 0.6) is 0 Å². The van der Waals surface area contributed by atoms with Gasteiger partial charge in [-0.3, -0.25) is 4.79 Å². The first kappa shape index (κ1) is 17.5. The summed E-state index contributed by atoms with van der Waals surface area (Å²) in [6.45, 7) is 2.55. The smallest absolute Gasteiger partial charge is 0.241 e. The number of carbonyl (C=O) groups excluding carboxylic acids is 1. The maximum absolute atomic E-state index is 13.6. The Morgan fingerprint density at radius 3 is 2.52 bits per heavy atom. The van der Waals surface area contributed by atoms with Crippen molar-refractivity contribution in [2.24, 2.45) is 0 Å². The van der Waals surface area contributed by atoms with E-state index in [0.717, 1.165) is 17.8 Å². The Morgan fingerprint density at radius 1 is 1.08 bits per heavy atom. The molecule has 132 valence electrons. The molecule has 0 radical (unpaired) electrons. The van der Waals surface area contributed by atoms with Gasteiger partial charge in [0.25, 0.3) is 0 Å². The van der Waals surface area contributed by atoms with Gasteiger partial charge >= 0.3 is 0 Å². The second-order valence-corrected chi connectivity index (χ2v) is 6.26. The van der Waals surface area contributed by atoms with Crippen LogP contribution in [-0.2, 0) is 4.79 Å². The molecule has 7 heteroatoms. The van der Waals surface area contributed by atoms with Gasteiger partial charge in [0, 0.05) is 43.0 Å². The van der Waals surface area contributed by atoms with Crippen LogP contribution in [0.15, 0.2) is 42.5 Å². The normalized spacial score (nSPS) is 14.5. The molecule has 0 aliphatic carbocycles. The van der Waals surface area contributed by atoms with Crippen LogP contribution in [0.25, 0.3) is 0 Å². The largest absolute Gasteiger partial charge is 0.374 e. The van der Waals surface area contributed by atoms with Gasteiger partial charge in [-0.15, -0.1) is 0 Å². The van der Waals surface area contributed by atoms with Gasteiger partial charge in [-0.1, -0.05) is 17.7 Å². The van der Waals surface area contributed by atoms with E-state index >= 15 is 0 Å². The van der Waals surface area contributed by atoms with E-state index in [0.29, 0.717) is 31.2 Å². The van der Waals surface area contributed by atoms with Gasteiger partial charge in [-0.2, -0.15) is 0 Å². The van der Waals surface area contributed by atoms with Gasteiger partial charge in [-0.05, 0) is 30.3 Å². The van der Waals surface area contributed by atoms with Crippen molar-refractivity contribution < 1.29 is 13.6 Å². The van der Waals surface area contributed by atoms with Gasteiger partial charge in [0.2, 0.25) is 5.91 Å². The van der Waals surface area contributed by atoms with Crippen molar-refractivity contribution >= 4 is 28.9 Å². The standard InChI is InChI=1S/C18H18ClF2N3O/c19-13-2-1-3-15(10-13)23-6-8-24(9-7-23)18(25)12-22-17-5-4-14(20)11-16(17)21/h1-5,10-11,22H,6-9,12H2. The summed E-state index contributed by atoms with van der Waals surface area (Å²) in [6, 6.07) is 10.8. The van der Waals surface area contributed by atoms with Crippen LogP contribution in [0.4, 0.5) is 20.2 Å². The Hall–Kier alpha value is -2.34. The predicted molar refractivity (Wildman–Crippen MR) is 95.1 cm³/mol. The summed E-state index contributed by atoms with van der Waals surface area (Å²) in [5, 5.41) is 3.41. The molecule has 0 unspecified atom stereocenters. The van der Waals surface area contributed by atoms with Crippen LogP contribution in [-0.4, -0.2) is 43.5 Å². The Labute approximate surface area is 150 Å². The van der Waals surface area contributed by atoms with Gasteiger partial charge in [0.1, 0.15) is 11.6 Å². The second kappa shape index (κ2) is 7.70. The Bertz CT molecular complexity index is 764. The molecular weight excluding hydrogens is 348 g/mol. The van der Waals surface area contributed by atoms with Crippen molar-refractivity contribution in [1.29, 1.82) is 0 Å². The molecule has 0 saturated carbocycles. The summed E-state index contributed by atoms with van der Waals surface area (Å²) in [7, 11) is 0. The number of nitrogens with one attached hydrogen (secondary N) is 1. The second-order valence-electron chi connectivity index (χ2n) is 5.83. The maximum atomic E-state index is 13.6. The monoisotopic (exact) mass is 365 g/mol. The molecule has 25 heavy (non-hydrogen) atoms. The summed E-state index contributed by atoms with van der Waals surface area (Å²) >= 11 is 6.01. The average molecular weight is 366 g/mol. The topological polar surface area (TPSA) is 35.6 Å². The first-order valence-electron chi connectivity index (χ1n) is 8.00. The minimum atomic E-state index is -0.710. The number of nitrogens with zero attached hydrogens (tertiary/aromatic N) is 2. The molecule has 0 bridgehead atoms. The Kier molecular flexibility index (Phi) is 5.38. The van der Waals surface area contributed by atoms with Crippen molar-refractivity contribution in [3.05, 3.63) is 59.1 Å². The van der Waals surface area contributed by atoms with Crippen LogP contribution < -0.4 is 10.2 Å². The summed E-state index contributed by atoms with van der Waals surface area (Å²) in [5.41, 5.74) is 1.15. The maximum Gasteiger partial charge on any atom is 0.241 e. The van der Waals surface area contributed by atoms with Crippen molar-refractivity contribution in [2.75, 3.05) is 42.9 Å². The molecule has 2 aromatic rings. The first-order valence-corrected chi connectivity index (χ1v) is 8.38. The third-order valence-electron chi connectivity index (χ3n) is 4.17. The van der Waals surface area contributed by atoms with Gasteiger partial charge in [-0.25, -0.2) is 8.78 Å². The molecule has 0 atom stereocenters. The van der Waals surface area contributed by atoms with Crippen LogP contribution in [0.1, 0.15) is 0 Å². The predicted octanol–water partition coefficient (Wildman–Crippen LogP) is 3.38. The first-order chi connectivity index (χ1) is 12.0. The molecule has 1 heterocycles. The summed E-state index contributed by atoms with van der Waals surface area (Å²) < 4.78 is 26.5. The summed E-state index contributed by atoms with van der Waals surface area (Å²) in [5.74, 6) is -1.47. The van der Waals surface area contributed by atoms with E-state index in [4.69, 9.17) is 11.6 Å². The van der Waals surface area contributed by atoms with E-state index in [-0.39, 0.29) is 18.1 Å². The fourth-order valence-corrected chi connectivity index (χ4v) is 2.99. The number of hydrogen-bond donors (Lipinski definition) is 1. The molecule has 0 aromatic heterocycles. The minimum Gasteiger partial charge on any atom is -0.374 e. The molecule has 1 aliphatic heterocycles. The fraction of sp³-hybridized carbons (Fsp3) is 0.278. The Morgan fingerprint density at radius 2 is 1.84 bits per heavy atom. The average Bonchev–Trinajstić information content (AvgIpc) is 2.61. The van der Waals surface area contributed by atoms with E-state index in [9.17, 15) is 13.6 Å². The number of anilines is 2. The van der Waals surface area contributed by atoms with Crippen LogP contribution in [0.2, 0.25) is 5.02 Å². The third kappa shape index (κ3) is 4.39. The zero-order valence-corrected chi connectivity index (χ0v) is 14.3. The number of amides is 1. The van der Waals surface area contributed by atoms with E-state index in [2.05, 4.69) is 10.2 Å². The molecule has 2 aromatic carbocycles. The lowest BCUT2D eigenvalue weighted by Crippen LogP contribution is -2.50. The lowest BCUT2D eigenvalue weighted by Gasteiger charge is -2.36.